The van der Waals surface area contributed by atoms with Crippen molar-refractivity contribution in [1.29, 1.82) is 5.41 Å². The predicted octanol–water partition coefficient (Wildman–Crippen LogP) is 1.59. The Hall–Kier alpha value is -1.09. The molecule has 0 saturated heterocycles. The van der Waals surface area contributed by atoms with Crippen LogP contribution in [-0.2, 0) is 0 Å². The fourth-order valence-electron chi connectivity index (χ4n) is 0.886. The molecule has 14 heavy (non-hydrogen) atoms. The molecular weight excluding hydrogens is 174 g/mol. The molecule has 0 aliphatic heterocycles. The lowest BCUT2D eigenvalue weighted by molar-refractivity contribution is 0.318. The first kappa shape index (κ1) is 12.9. The second kappa shape index (κ2) is 7.33. The van der Waals surface area contributed by atoms with Gasteiger partial charge >= 0.3 is 0 Å². The number of nitrogens with zero attached hydrogens (tertiary/aromatic N) is 2. The lowest BCUT2D eigenvalue weighted by atomic mass is 10.4. The quantitative estimate of drug-likeness (QED) is 0.396. The Morgan fingerprint density at radius 2 is 2.00 bits per heavy atom. The van der Waals surface area contributed by atoms with Crippen LogP contribution in [0.4, 0.5) is 0 Å². The zero-order valence-electron chi connectivity index (χ0n) is 9.45. The first-order valence-corrected chi connectivity index (χ1v) is 4.89. The summed E-state index contributed by atoms with van der Waals surface area (Å²) >= 11 is 0. The fourth-order valence-corrected chi connectivity index (χ4v) is 0.886. The van der Waals surface area contributed by atoms with E-state index in [1.54, 1.807) is 18.2 Å². The number of likely N-dealkylation sites (N-methyl/N-ethyl adjacent to an activating group) is 2. The molecule has 0 amide bonds. The second-order valence-corrected chi connectivity index (χ2v) is 3.30. The van der Waals surface area contributed by atoms with Gasteiger partial charge in [-0.1, -0.05) is 25.7 Å². The maximum absolute atomic E-state index is 7.67. The minimum absolute atomic E-state index is 0.523. The van der Waals surface area contributed by atoms with Gasteiger partial charge in [-0.15, -0.1) is 0 Å². The average Bonchev–Trinajstić information content (AvgIpc) is 2.21. The Morgan fingerprint density at radius 1 is 1.36 bits per heavy atom. The van der Waals surface area contributed by atoms with E-state index in [4.69, 9.17) is 5.41 Å². The van der Waals surface area contributed by atoms with Gasteiger partial charge in [0.2, 0.25) is 0 Å². The Bertz CT molecular complexity index is 209. The van der Waals surface area contributed by atoms with Gasteiger partial charge in [0.05, 0.1) is 0 Å². The Morgan fingerprint density at radius 3 is 2.50 bits per heavy atom. The molecule has 0 bridgehead atoms. The molecule has 0 aromatic rings. The molecule has 0 aromatic heterocycles. The number of nitrogens with one attached hydrogen (secondary N) is 1. The molecule has 0 aromatic carbocycles. The number of rotatable bonds is 6. The molecule has 0 heterocycles. The van der Waals surface area contributed by atoms with Gasteiger partial charge in [0.25, 0.3) is 0 Å². The van der Waals surface area contributed by atoms with E-state index in [0.29, 0.717) is 5.84 Å². The molecule has 0 fully saturated rings. The normalized spacial score (nSPS) is 10.9. The lowest BCUT2D eigenvalue weighted by Crippen LogP contribution is -2.33. The zero-order valence-corrected chi connectivity index (χ0v) is 9.45. The molecule has 0 aliphatic carbocycles. The summed E-state index contributed by atoms with van der Waals surface area (Å²) in [5.41, 5.74) is 0. The van der Waals surface area contributed by atoms with E-state index in [2.05, 4.69) is 25.5 Å². The SMILES string of the molecule is C=C/C=C\C(=N)N(C)CCN(C)CC. The summed E-state index contributed by atoms with van der Waals surface area (Å²) in [6.07, 6.45) is 5.21. The first-order chi connectivity index (χ1) is 6.61. The average molecular weight is 195 g/mol. The smallest absolute Gasteiger partial charge is 0.120 e. The largest absolute Gasteiger partial charge is 0.359 e. The van der Waals surface area contributed by atoms with Gasteiger partial charge in [-0.25, -0.2) is 0 Å². The fraction of sp³-hybridized carbons (Fsp3) is 0.545. The van der Waals surface area contributed by atoms with E-state index in [1.165, 1.54) is 0 Å². The van der Waals surface area contributed by atoms with Gasteiger partial charge in [-0.05, 0) is 19.7 Å². The van der Waals surface area contributed by atoms with Crippen molar-refractivity contribution in [2.24, 2.45) is 0 Å². The molecule has 0 saturated carbocycles. The maximum atomic E-state index is 7.67. The van der Waals surface area contributed by atoms with Crippen LogP contribution in [0.1, 0.15) is 6.92 Å². The van der Waals surface area contributed by atoms with E-state index in [0.717, 1.165) is 19.6 Å². The van der Waals surface area contributed by atoms with Crippen LogP contribution in [0.5, 0.6) is 0 Å². The molecular formula is C11H21N3. The van der Waals surface area contributed by atoms with Crippen molar-refractivity contribution < 1.29 is 0 Å². The molecule has 0 aliphatic rings. The lowest BCUT2D eigenvalue weighted by Gasteiger charge is -2.21. The van der Waals surface area contributed by atoms with Crippen LogP contribution in [0, 0.1) is 5.41 Å². The van der Waals surface area contributed by atoms with Crippen molar-refractivity contribution in [3.05, 3.63) is 24.8 Å². The second-order valence-electron chi connectivity index (χ2n) is 3.30. The first-order valence-electron chi connectivity index (χ1n) is 4.89. The van der Waals surface area contributed by atoms with E-state index in [-0.39, 0.29) is 0 Å². The number of hydrogen-bond donors (Lipinski definition) is 1. The molecule has 1 N–H and O–H groups in total. The molecule has 3 heteroatoms. The topological polar surface area (TPSA) is 30.3 Å². The van der Waals surface area contributed by atoms with Gasteiger partial charge < -0.3 is 9.80 Å². The van der Waals surface area contributed by atoms with Crippen molar-refractivity contribution in [2.45, 2.75) is 6.92 Å². The van der Waals surface area contributed by atoms with E-state index >= 15 is 0 Å². The van der Waals surface area contributed by atoms with Crippen LogP contribution >= 0.6 is 0 Å². The summed E-state index contributed by atoms with van der Waals surface area (Å²) in [4.78, 5) is 4.15. The summed E-state index contributed by atoms with van der Waals surface area (Å²) in [7, 11) is 4.01. The van der Waals surface area contributed by atoms with Crippen molar-refractivity contribution in [3.8, 4) is 0 Å². The van der Waals surface area contributed by atoms with E-state index in [1.807, 2.05) is 11.9 Å². The number of amidine groups is 1. The van der Waals surface area contributed by atoms with Crippen molar-refractivity contribution in [3.63, 3.8) is 0 Å². The third kappa shape index (κ3) is 5.54. The summed E-state index contributed by atoms with van der Waals surface area (Å²) < 4.78 is 0. The highest BCUT2D eigenvalue weighted by Crippen LogP contribution is 1.90. The van der Waals surface area contributed by atoms with Gasteiger partial charge in [-0.2, -0.15) is 0 Å². The van der Waals surface area contributed by atoms with Crippen LogP contribution in [0.25, 0.3) is 0 Å². The van der Waals surface area contributed by atoms with Gasteiger partial charge in [-0.3, -0.25) is 5.41 Å². The van der Waals surface area contributed by atoms with Crippen LogP contribution < -0.4 is 0 Å². The Kier molecular flexibility index (Phi) is 6.76. The number of hydrogen-bond acceptors (Lipinski definition) is 2. The van der Waals surface area contributed by atoms with E-state index in [9.17, 15) is 0 Å². The minimum Gasteiger partial charge on any atom is -0.359 e. The standard InChI is InChI=1S/C11H21N3/c1-5-7-8-11(12)14(4)10-9-13(3)6-2/h5,7-8,12H,1,6,9-10H2,2-4H3/b8-7-,12-11?. The maximum Gasteiger partial charge on any atom is 0.120 e. The highest BCUT2D eigenvalue weighted by molar-refractivity contribution is 5.90. The molecule has 0 rings (SSSR count). The molecule has 0 radical (unpaired) electrons. The summed E-state index contributed by atoms with van der Waals surface area (Å²) in [5, 5.41) is 7.67. The highest BCUT2D eigenvalue weighted by atomic mass is 15.2. The van der Waals surface area contributed by atoms with Crippen LogP contribution in [0.15, 0.2) is 24.8 Å². The Balaban J connectivity index is 3.83. The third-order valence-electron chi connectivity index (χ3n) is 2.16. The molecule has 0 spiro atoms. The van der Waals surface area contributed by atoms with Crippen LogP contribution in [0.2, 0.25) is 0 Å². The summed E-state index contributed by atoms with van der Waals surface area (Å²) in [6, 6.07) is 0. The Labute approximate surface area is 87.2 Å². The van der Waals surface area contributed by atoms with Crippen LogP contribution in [0.3, 0.4) is 0 Å². The molecule has 3 nitrogen and oxygen atoms in total. The summed E-state index contributed by atoms with van der Waals surface area (Å²) in [6.45, 7) is 8.61. The third-order valence-corrected chi connectivity index (χ3v) is 2.16. The molecule has 0 unspecified atom stereocenters. The highest BCUT2D eigenvalue weighted by Gasteiger charge is 2.01. The van der Waals surface area contributed by atoms with Gasteiger partial charge in [0.15, 0.2) is 0 Å². The van der Waals surface area contributed by atoms with Crippen molar-refractivity contribution in [1.82, 2.24) is 9.80 Å². The van der Waals surface area contributed by atoms with Crippen molar-refractivity contribution in [2.75, 3.05) is 33.7 Å². The minimum atomic E-state index is 0.523. The van der Waals surface area contributed by atoms with E-state index < -0.39 is 0 Å². The zero-order chi connectivity index (χ0) is 11.0. The van der Waals surface area contributed by atoms with Crippen molar-refractivity contribution >= 4 is 5.84 Å². The van der Waals surface area contributed by atoms with Crippen LogP contribution in [-0.4, -0.2) is 49.4 Å². The number of allylic oxidation sites excluding steroid dienone is 2. The molecule has 0 atom stereocenters. The monoisotopic (exact) mass is 195 g/mol. The van der Waals surface area contributed by atoms with Gasteiger partial charge in [0.1, 0.15) is 5.84 Å². The predicted molar refractivity (Wildman–Crippen MR) is 62.9 cm³/mol. The summed E-state index contributed by atoms with van der Waals surface area (Å²) in [5.74, 6) is 0.523. The van der Waals surface area contributed by atoms with Gasteiger partial charge in [0, 0.05) is 20.1 Å². The molecule has 80 valence electrons.